The summed E-state index contributed by atoms with van der Waals surface area (Å²) in [5, 5.41) is 8.60. The van der Waals surface area contributed by atoms with Gasteiger partial charge in [0, 0.05) is 56.2 Å². The highest BCUT2D eigenvalue weighted by Gasteiger charge is 2.43. The lowest BCUT2D eigenvalue weighted by Gasteiger charge is -2.38. The number of carbonyl (C=O) groups is 5. The molecule has 3 atom stereocenters. The standard InChI is InChI=1S/C32H51N5O6S2/c1-5-23(4)28(29(33)40)36-30(41)26(19-22(2)3)35-31(42)32(12-15-43-16-13-32)37-27(39)11-7-17-44-20-24-9-6-10-25(34-24)21-45-18-8-14-38/h6,9-10,14,22-23,26,28H,5,7-8,11-13,15-21H2,1-4H3,(H2,33,40)(H,35,42)(H,36,41)(H,37,39)/t23-,26-,28-/m0/s1. The van der Waals surface area contributed by atoms with Crippen molar-refractivity contribution in [1.29, 1.82) is 0 Å². The summed E-state index contributed by atoms with van der Waals surface area (Å²) in [7, 11) is 0. The predicted molar refractivity (Wildman–Crippen MR) is 179 cm³/mol. The third kappa shape index (κ3) is 13.7. The predicted octanol–water partition coefficient (Wildman–Crippen LogP) is 3.13. The summed E-state index contributed by atoms with van der Waals surface area (Å²) in [6, 6.07) is 4.22. The highest BCUT2D eigenvalue weighted by molar-refractivity contribution is 7.98. The SMILES string of the molecule is CC[C@H](C)[C@H](NC(=O)[C@H](CC(C)C)NC(=O)C1(NC(=O)CCCSCc2cccc(CSCCC=O)n2)CCOCC1)C(N)=O. The lowest BCUT2D eigenvalue weighted by Crippen LogP contribution is -2.64. The second-order valence-electron chi connectivity index (χ2n) is 12.0. The zero-order valence-corrected chi connectivity index (χ0v) is 28.7. The van der Waals surface area contributed by atoms with E-state index in [0.717, 1.165) is 40.7 Å². The fourth-order valence-electron chi connectivity index (χ4n) is 4.95. The minimum absolute atomic E-state index is 0.0828. The van der Waals surface area contributed by atoms with Crippen LogP contribution in [0, 0.1) is 11.8 Å². The Bertz CT molecular complexity index is 1120. The number of carbonyl (C=O) groups excluding carboxylic acids is 5. The van der Waals surface area contributed by atoms with E-state index in [1.165, 1.54) is 0 Å². The molecule has 2 heterocycles. The lowest BCUT2D eigenvalue weighted by molar-refractivity contribution is -0.140. The molecule has 11 nitrogen and oxygen atoms in total. The van der Waals surface area contributed by atoms with E-state index in [1.54, 1.807) is 23.5 Å². The number of pyridine rings is 1. The molecule has 45 heavy (non-hydrogen) atoms. The molecule has 1 aromatic heterocycles. The number of amides is 4. The minimum Gasteiger partial charge on any atom is -0.381 e. The van der Waals surface area contributed by atoms with Gasteiger partial charge in [-0.25, -0.2) is 0 Å². The largest absolute Gasteiger partial charge is 0.381 e. The Kier molecular flexibility index (Phi) is 17.5. The van der Waals surface area contributed by atoms with Crippen molar-refractivity contribution in [2.45, 2.75) is 102 Å². The summed E-state index contributed by atoms with van der Waals surface area (Å²) in [6.45, 7) is 8.26. The Morgan fingerprint density at radius 2 is 1.69 bits per heavy atom. The number of nitrogens with two attached hydrogens (primary N) is 1. The fraction of sp³-hybridized carbons (Fsp3) is 0.688. The molecule has 0 saturated carbocycles. The molecule has 1 aliphatic heterocycles. The molecular formula is C32H51N5O6S2. The molecule has 0 aromatic carbocycles. The first kappa shape index (κ1) is 38.5. The first-order chi connectivity index (χ1) is 21.5. The van der Waals surface area contributed by atoms with Gasteiger partial charge in [0.1, 0.15) is 23.9 Å². The number of aromatic nitrogens is 1. The normalized spacial score (nSPS) is 16.3. The van der Waals surface area contributed by atoms with Crippen LogP contribution in [0.3, 0.4) is 0 Å². The maximum Gasteiger partial charge on any atom is 0.246 e. The van der Waals surface area contributed by atoms with Crippen LogP contribution in [-0.4, -0.2) is 77.2 Å². The molecule has 1 fully saturated rings. The molecular weight excluding hydrogens is 615 g/mol. The number of thioether (sulfide) groups is 2. The molecule has 4 amide bonds. The van der Waals surface area contributed by atoms with Crippen LogP contribution >= 0.6 is 23.5 Å². The van der Waals surface area contributed by atoms with Crippen LogP contribution in [0.15, 0.2) is 18.2 Å². The number of ether oxygens (including phenoxy) is 1. The Balaban J connectivity index is 1.94. The Hall–Kier alpha value is -2.64. The average Bonchev–Trinajstić information content (AvgIpc) is 3.01. The van der Waals surface area contributed by atoms with E-state index in [9.17, 15) is 24.0 Å². The molecule has 0 aliphatic carbocycles. The molecule has 13 heteroatoms. The second-order valence-corrected chi connectivity index (χ2v) is 14.2. The summed E-state index contributed by atoms with van der Waals surface area (Å²) in [5.74, 6) is 1.21. The number of hydrogen-bond donors (Lipinski definition) is 4. The van der Waals surface area contributed by atoms with Gasteiger partial charge < -0.3 is 31.2 Å². The van der Waals surface area contributed by atoms with Crippen molar-refractivity contribution in [3.63, 3.8) is 0 Å². The van der Waals surface area contributed by atoms with E-state index >= 15 is 0 Å². The van der Waals surface area contributed by atoms with Crippen molar-refractivity contribution in [2.75, 3.05) is 24.7 Å². The van der Waals surface area contributed by atoms with Crippen LogP contribution in [0.4, 0.5) is 0 Å². The summed E-state index contributed by atoms with van der Waals surface area (Å²) in [6.07, 6.45) is 3.95. The van der Waals surface area contributed by atoms with Crippen molar-refractivity contribution in [1.82, 2.24) is 20.9 Å². The average molecular weight is 666 g/mol. The van der Waals surface area contributed by atoms with Crippen LogP contribution < -0.4 is 21.7 Å². The quantitative estimate of drug-likeness (QED) is 0.114. The number of rotatable bonds is 21. The number of nitrogens with one attached hydrogen (secondary N) is 3. The van der Waals surface area contributed by atoms with Crippen LogP contribution in [0.25, 0.3) is 0 Å². The van der Waals surface area contributed by atoms with E-state index in [0.29, 0.717) is 51.7 Å². The van der Waals surface area contributed by atoms with Crippen molar-refractivity contribution in [3.05, 3.63) is 29.6 Å². The Morgan fingerprint density at radius 1 is 1.04 bits per heavy atom. The van der Waals surface area contributed by atoms with Crippen LogP contribution in [0.5, 0.6) is 0 Å². The van der Waals surface area contributed by atoms with Gasteiger partial charge in [-0.1, -0.05) is 40.2 Å². The van der Waals surface area contributed by atoms with E-state index < -0.39 is 35.3 Å². The van der Waals surface area contributed by atoms with Gasteiger partial charge in [-0.2, -0.15) is 23.5 Å². The van der Waals surface area contributed by atoms with E-state index in [4.69, 9.17) is 10.5 Å². The molecule has 1 aliphatic rings. The van der Waals surface area contributed by atoms with Crippen molar-refractivity contribution in [3.8, 4) is 0 Å². The monoisotopic (exact) mass is 665 g/mol. The molecule has 0 bridgehead atoms. The summed E-state index contributed by atoms with van der Waals surface area (Å²) < 4.78 is 5.50. The van der Waals surface area contributed by atoms with Crippen molar-refractivity contribution in [2.24, 2.45) is 17.6 Å². The second kappa shape index (κ2) is 20.5. The van der Waals surface area contributed by atoms with E-state index in [-0.39, 0.29) is 24.2 Å². The first-order valence-corrected chi connectivity index (χ1v) is 18.2. The maximum atomic E-state index is 13.7. The molecule has 5 N–H and O–H groups in total. The third-order valence-corrected chi connectivity index (χ3v) is 9.84. The fourth-order valence-corrected chi connectivity index (χ4v) is 6.59. The van der Waals surface area contributed by atoms with Crippen LogP contribution in [-0.2, 0) is 40.2 Å². The number of primary amides is 1. The van der Waals surface area contributed by atoms with Gasteiger partial charge in [-0.05, 0) is 42.6 Å². The first-order valence-electron chi connectivity index (χ1n) is 15.8. The maximum absolute atomic E-state index is 13.7. The highest BCUT2D eigenvalue weighted by atomic mass is 32.2. The Morgan fingerprint density at radius 3 is 2.27 bits per heavy atom. The molecule has 0 unspecified atom stereocenters. The summed E-state index contributed by atoms with van der Waals surface area (Å²) >= 11 is 3.38. The van der Waals surface area contributed by atoms with Gasteiger partial charge in [0.2, 0.25) is 23.6 Å². The van der Waals surface area contributed by atoms with Gasteiger partial charge in [0.25, 0.3) is 0 Å². The van der Waals surface area contributed by atoms with Crippen molar-refractivity contribution < 1.29 is 28.7 Å². The molecule has 0 spiro atoms. The number of nitrogens with zero attached hydrogens (tertiary/aromatic N) is 1. The van der Waals surface area contributed by atoms with Gasteiger partial charge in [0.05, 0.1) is 11.4 Å². The van der Waals surface area contributed by atoms with E-state index in [2.05, 4.69) is 20.9 Å². The van der Waals surface area contributed by atoms with Gasteiger partial charge in [-0.3, -0.25) is 24.2 Å². The molecule has 252 valence electrons. The molecule has 1 aromatic rings. The zero-order valence-electron chi connectivity index (χ0n) is 27.1. The smallest absolute Gasteiger partial charge is 0.246 e. The van der Waals surface area contributed by atoms with Gasteiger partial charge >= 0.3 is 0 Å². The van der Waals surface area contributed by atoms with E-state index in [1.807, 2.05) is 45.9 Å². The molecule has 1 saturated heterocycles. The topological polar surface area (TPSA) is 170 Å². The van der Waals surface area contributed by atoms with Crippen molar-refractivity contribution >= 4 is 53.4 Å². The zero-order chi connectivity index (χ0) is 33.2. The van der Waals surface area contributed by atoms with Crippen LogP contribution in [0.2, 0.25) is 0 Å². The third-order valence-electron chi connectivity index (χ3n) is 7.74. The highest BCUT2D eigenvalue weighted by Crippen LogP contribution is 2.23. The summed E-state index contributed by atoms with van der Waals surface area (Å²) in [5.41, 5.74) is 6.33. The molecule has 2 rings (SSSR count). The lowest BCUT2D eigenvalue weighted by atomic mass is 9.87. The summed E-state index contributed by atoms with van der Waals surface area (Å²) in [4.78, 5) is 67.3. The number of hydrogen-bond acceptors (Lipinski definition) is 9. The number of aldehydes is 1. The molecule has 0 radical (unpaired) electrons. The van der Waals surface area contributed by atoms with Gasteiger partial charge in [-0.15, -0.1) is 0 Å². The minimum atomic E-state index is -1.19. The Labute approximate surface area is 276 Å². The van der Waals surface area contributed by atoms with Crippen LogP contribution in [0.1, 0.15) is 84.0 Å². The van der Waals surface area contributed by atoms with Gasteiger partial charge in [0.15, 0.2) is 0 Å².